The van der Waals surface area contributed by atoms with Crippen LogP contribution in [-0.2, 0) is 19.1 Å². The van der Waals surface area contributed by atoms with E-state index in [1.807, 2.05) is 19.9 Å². The molecule has 1 unspecified atom stereocenters. The van der Waals surface area contributed by atoms with Crippen molar-refractivity contribution in [1.29, 1.82) is 0 Å². The highest BCUT2D eigenvalue weighted by Crippen LogP contribution is 2.67. The molecule has 0 spiro atoms. The van der Waals surface area contributed by atoms with Gasteiger partial charge in [0.25, 0.3) is 0 Å². The van der Waals surface area contributed by atoms with Gasteiger partial charge in [-0.1, -0.05) is 40.2 Å². The molecule has 0 aliphatic heterocycles. The summed E-state index contributed by atoms with van der Waals surface area (Å²) >= 11 is 0. The molecule has 3 fully saturated rings. The molecular formula is C27H40O4. The number of carbonyl (C=O) groups excluding carboxylic acids is 3. The second-order valence-corrected chi connectivity index (χ2v) is 11.9. The maximum atomic E-state index is 12.6. The largest absolute Gasteiger partial charge is 0.461 e. The zero-order valence-electron chi connectivity index (χ0n) is 20.2. The Morgan fingerprint density at radius 3 is 2.52 bits per heavy atom. The topological polar surface area (TPSA) is 60.4 Å². The van der Waals surface area contributed by atoms with Crippen LogP contribution in [0.25, 0.3) is 0 Å². The van der Waals surface area contributed by atoms with E-state index in [2.05, 4.69) is 20.8 Å². The van der Waals surface area contributed by atoms with Crippen LogP contribution in [-0.4, -0.2) is 23.6 Å². The van der Waals surface area contributed by atoms with Crippen molar-refractivity contribution in [3.63, 3.8) is 0 Å². The summed E-state index contributed by atoms with van der Waals surface area (Å²) in [6.07, 6.45) is 7.54. The lowest BCUT2D eigenvalue weighted by Gasteiger charge is -2.60. The van der Waals surface area contributed by atoms with E-state index < -0.39 is 0 Å². The van der Waals surface area contributed by atoms with Gasteiger partial charge in [0.15, 0.2) is 5.78 Å². The molecule has 3 saturated carbocycles. The predicted molar refractivity (Wildman–Crippen MR) is 120 cm³/mol. The second kappa shape index (κ2) is 7.85. The first-order valence-electron chi connectivity index (χ1n) is 12.4. The Bertz CT molecular complexity index is 810. The average molecular weight is 429 g/mol. The number of hydrogen-bond donors (Lipinski definition) is 0. The fourth-order valence-corrected chi connectivity index (χ4v) is 8.36. The Labute approximate surface area is 187 Å². The van der Waals surface area contributed by atoms with Crippen molar-refractivity contribution < 1.29 is 19.1 Å². The lowest BCUT2D eigenvalue weighted by molar-refractivity contribution is -0.169. The normalized spacial score (nSPS) is 44.2. The second-order valence-electron chi connectivity index (χ2n) is 11.9. The third-order valence-corrected chi connectivity index (χ3v) is 9.70. The van der Waals surface area contributed by atoms with Crippen molar-refractivity contribution >= 4 is 17.5 Å². The summed E-state index contributed by atoms with van der Waals surface area (Å²) in [4.78, 5) is 37.7. The molecule has 4 heteroatoms. The lowest BCUT2D eigenvalue weighted by atomic mass is 9.44. The van der Waals surface area contributed by atoms with Gasteiger partial charge in [-0.15, -0.1) is 0 Å². The first-order chi connectivity index (χ1) is 14.5. The van der Waals surface area contributed by atoms with Crippen molar-refractivity contribution in [1.82, 2.24) is 0 Å². The molecule has 0 N–H and O–H groups in total. The fraction of sp³-hybridized carbons (Fsp3) is 0.815. The standard InChI is InChI=1S/C27H40O4/c1-15(2)11-25(30)31-24-14-18(29)13-23-16(3)12-19-21-8-7-20(17(4)28)26(21,5)10-9-22(19)27(23,24)6/h13,15-16,19-22,24H,7-12,14H2,1-6H3/t16-,19-,20+,21-,22-,24?,26+,27+/m0/s1. The molecule has 0 amide bonds. The number of Topliss-reactive ketones (excluding diaryl/α,β-unsaturated/α-hetero) is 1. The minimum atomic E-state index is -0.365. The van der Waals surface area contributed by atoms with E-state index in [1.54, 1.807) is 6.92 Å². The summed E-state index contributed by atoms with van der Waals surface area (Å²) in [5, 5.41) is 0. The van der Waals surface area contributed by atoms with Crippen LogP contribution < -0.4 is 0 Å². The first-order valence-corrected chi connectivity index (χ1v) is 12.4. The van der Waals surface area contributed by atoms with Crippen LogP contribution in [0.3, 0.4) is 0 Å². The van der Waals surface area contributed by atoms with Crippen LogP contribution in [0.2, 0.25) is 0 Å². The monoisotopic (exact) mass is 428 g/mol. The van der Waals surface area contributed by atoms with Gasteiger partial charge < -0.3 is 4.74 Å². The molecule has 0 heterocycles. The number of rotatable bonds is 4. The van der Waals surface area contributed by atoms with Crippen LogP contribution >= 0.6 is 0 Å². The SMILES string of the molecule is CC(=O)[C@H]1CC[C@H]2[C@@H]3C[C@H](C)C4=CC(=O)CC(OC(=O)CC(C)C)[C@]4(C)[C@H]3CC[C@]12C. The number of ether oxygens (including phenoxy) is 1. The fourth-order valence-electron chi connectivity index (χ4n) is 8.36. The molecule has 0 aromatic heterocycles. The predicted octanol–water partition coefficient (Wildman–Crippen LogP) is 5.54. The molecule has 0 radical (unpaired) electrons. The minimum Gasteiger partial charge on any atom is -0.461 e. The molecule has 0 bridgehead atoms. The van der Waals surface area contributed by atoms with E-state index in [0.29, 0.717) is 42.3 Å². The summed E-state index contributed by atoms with van der Waals surface area (Å²) in [5.41, 5.74) is 1.02. The molecule has 4 aliphatic carbocycles. The smallest absolute Gasteiger partial charge is 0.306 e. The summed E-state index contributed by atoms with van der Waals surface area (Å²) in [5.74, 6) is 2.48. The number of carbonyl (C=O) groups is 3. The Kier molecular flexibility index (Phi) is 5.75. The molecule has 4 nitrogen and oxygen atoms in total. The molecule has 172 valence electrons. The quantitative estimate of drug-likeness (QED) is 0.552. The van der Waals surface area contributed by atoms with Gasteiger partial charge in [0.05, 0.1) is 0 Å². The highest BCUT2D eigenvalue weighted by molar-refractivity contribution is 5.92. The van der Waals surface area contributed by atoms with Gasteiger partial charge in [0.1, 0.15) is 11.9 Å². The summed E-state index contributed by atoms with van der Waals surface area (Å²) in [6.45, 7) is 12.7. The van der Waals surface area contributed by atoms with Gasteiger partial charge in [0, 0.05) is 24.2 Å². The van der Waals surface area contributed by atoms with Crippen molar-refractivity contribution in [2.75, 3.05) is 0 Å². The van der Waals surface area contributed by atoms with Crippen LogP contribution in [0, 0.1) is 46.3 Å². The maximum absolute atomic E-state index is 12.6. The molecule has 4 aliphatic rings. The zero-order valence-corrected chi connectivity index (χ0v) is 20.2. The van der Waals surface area contributed by atoms with Crippen molar-refractivity contribution in [2.24, 2.45) is 46.3 Å². The third kappa shape index (κ3) is 3.53. The van der Waals surface area contributed by atoms with Gasteiger partial charge in [-0.25, -0.2) is 0 Å². The molecule has 4 rings (SSSR count). The molecule has 0 aromatic carbocycles. The molecular weight excluding hydrogens is 388 g/mol. The van der Waals surface area contributed by atoms with Crippen molar-refractivity contribution in [3.05, 3.63) is 11.6 Å². The first kappa shape index (κ1) is 22.7. The van der Waals surface area contributed by atoms with E-state index in [-0.39, 0.29) is 40.5 Å². The Morgan fingerprint density at radius 2 is 1.87 bits per heavy atom. The number of esters is 1. The molecule has 0 saturated heterocycles. The zero-order chi connectivity index (χ0) is 22.7. The molecule has 0 aromatic rings. The Hall–Kier alpha value is -1.45. The van der Waals surface area contributed by atoms with E-state index in [9.17, 15) is 14.4 Å². The average Bonchev–Trinajstić information content (AvgIpc) is 3.01. The Balaban J connectivity index is 1.69. The van der Waals surface area contributed by atoms with Gasteiger partial charge >= 0.3 is 5.97 Å². The number of fused-ring (bicyclic) bond motifs is 5. The third-order valence-electron chi connectivity index (χ3n) is 9.70. The van der Waals surface area contributed by atoms with Gasteiger partial charge in [0.2, 0.25) is 0 Å². The van der Waals surface area contributed by atoms with Gasteiger partial charge in [-0.2, -0.15) is 0 Å². The number of hydrogen-bond acceptors (Lipinski definition) is 4. The summed E-state index contributed by atoms with van der Waals surface area (Å²) in [7, 11) is 0. The summed E-state index contributed by atoms with van der Waals surface area (Å²) in [6, 6.07) is 0. The Morgan fingerprint density at radius 1 is 1.16 bits per heavy atom. The minimum absolute atomic E-state index is 0.0956. The summed E-state index contributed by atoms with van der Waals surface area (Å²) < 4.78 is 6.08. The van der Waals surface area contributed by atoms with E-state index in [0.717, 1.165) is 32.1 Å². The molecule has 8 atom stereocenters. The van der Waals surface area contributed by atoms with Crippen LogP contribution in [0.15, 0.2) is 11.6 Å². The van der Waals surface area contributed by atoms with Crippen LogP contribution in [0.5, 0.6) is 0 Å². The van der Waals surface area contributed by atoms with Gasteiger partial charge in [-0.05, 0) is 80.1 Å². The molecule has 31 heavy (non-hydrogen) atoms. The highest BCUT2D eigenvalue weighted by Gasteiger charge is 2.63. The van der Waals surface area contributed by atoms with Gasteiger partial charge in [-0.3, -0.25) is 14.4 Å². The maximum Gasteiger partial charge on any atom is 0.306 e. The van der Waals surface area contributed by atoms with E-state index in [1.165, 1.54) is 5.57 Å². The van der Waals surface area contributed by atoms with Crippen molar-refractivity contribution in [3.8, 4) is 0 Å². The van der Waals surface area contributed by atoms with E-state index in [4.69, 9.17) is 4.74 Å². The van der Waals surface area contributed by atoms with Crippen molar-refractivity contribution in [2.45, 2.75) is 92.6 Å². The van der Waals surface area contributed by atoms with Crippen LogP contribution in [0.1, 0.15) is 86.5 Å². The van der Waals surface area contributed by atoms with E-state index >= 15 is 0 Å². The lowest BCUT2D eigenvalue weighted by Crippen LogP contribution is -2.58. The van der Waals surface area contributed by atoms with Crippen LogP contribution in [0.4, 0.5) is 0 Å². The number of ketones is 2. The highest BCUT2D eigenvalue weighted by atomic mass is 16.5.